The van der Waals surface area contributed by atoms with Crippen molar-refractivity contribution in [1.82, 2.24) is 15.3 Å². The van der Waals surface area contributed by atoms with Gasteiger partial charge in [-0.05, 0) is 37.6 Å². The zero-order valence-corrected chi connectivity index (χ0v) is 13.8. The summed E-state index contributed by atoms with van der Waals surface area (Å²) in [5.41, 5.74) is 1.14. The summed E-state index contributed by atoms with van der Waals surface area (Å²) >= 11 is 0. The molecule has 128 valence electrons. The number of aromatic amines is 1. The number of benzene rings is 1. The Morgan fingerprint density at radius 2 is 2.08 bits per heavy atom. The Balaban J connectivity index is 1.77. The number of carbonyl (C=O) groups excluding carboxylic acids is 1. The van der Waals surface area contributed by atoms with Crippen LogP contribution in [0.2, 0.25) is 0 Å². The maximum Gasteiger partial charge on any atom is 0.321 e. The number of H-pyrrole nitrogens is 1. The van der Waals surface area contributed by atoms with E-state index in [0.717, 1.165) is 17.1 Å². The Morgan fingerprint density at radius 3 is 2.75 bits per heavy atom. The predicted octanol–water partition coefficient (Wildman–Crippen LogP) is 1.60. The number of aromatic nitrogens is 2. The molecule has 0 saturated carbocycles. The molecule has 2 rings (SSSR count). The van der Waals surface area contributed by atoms with E-state index in [4.69, 9.17) is 9.47 Å². The molecule has 1 aromatic heterocycles. The minimum absolute atomic E-state index is 0.101. The summed E-state index contributed by atoms with van der Waals surface area (Å²) in [6.45, 7) is 4.19. The van der Waals surface area contributed by atoms with E-state index in [1.54, 1.807) is 14.0 Å². The number of methoxy groups -OCH3 is 1. The maximum atomic E-state index is 11.7. The lowest BCUT2D eigenvalue weighted by atomic mass is 10.2. The Hall–Kier alpha value is -3.03. The molecular formula is C16H20N4O4. The fraction of sp³-hybridized carbons (Fsp3) is 0.312. The monoisotopic (exact) mass is 332 g/mol. The first kappa shape index (κ1) is 17.3. The molecule has 0 aliphatic carbocycles. The van der Waals surface area contributed by atoms with Crippen LogP contribution in [0.4, 0.5) is 10.7 Å². The summed E-state index contributed by atoms with van der Waals surface area (Å²) < 4.78 is 10.7. The number of hydrogen-bond donors (Lipinski definition) is 3. The molecular weight excluding hydrogens is 312 g/mol. The zero-order valence-electron chi connectivity index (χ0n) is 13.8. The fourth-order valence-corrected chi connectivity index (χ4v) is 2.03. The van der Waals surface area contributed by atoms with Gasteiger partial charge in [0, 0.05) is 11.8 Å². The van der Waals surface area contributed by atoms with E-state index in [1.165, 1.54) is 6.07 Å². The molecule has 0 aliphatic heterocycles. The second-order valence-corrected chi connectivity index (χ2v) is 5.10. The summed E-state index contributed by atoms with van der Waals surface area (Å²) in [5, 5.41) is 5.08. The summed E-state index contributed by atoms with van der Waals surface area (Å²) in [6, 6.07) is 6.36. The van der Waals surface area contributed by atoms with Crippen LogP contribution in [0, 0.1) is 13.8 Å². The van der Waals surface area contributed by atoms with E-state index in [-0.39, 0.29) is 11.5 Å². The van der Waals surface area contributed by atoms with Crippen molar-refractivity contribution in [2.75, 3.05) is 25.6 Å². The molecule has 1 aromatic carbocycles. The molecule has 3 N–H and O–H groups in total. The number of anilines is 1. The van der Waals surface area contributed by atoms with Gasteiger partial charge in [-0.2, -0.15) is 0 Å². The standard InChI is InChI=1S/C16H20N4O4/c1-10-8-12(23-3)4-5-13(10)24-7-6-17-16(22)20-15-18-11(2)9-14(21)19-15/h4-5,8-9H,6-7H2,1-3H3,(H3,17,18,19,20,21,22). The molecule has 24 heavy (non-hydrogen) atoms. The van der Waals surface area contributed by atoms with Crippen LogP contribution in [0.3, 0.4) is 0 Å². The van der Waals surface area contributed by atoms with Crippen molar-refractivity contribution < 1.29 is 14.3 Å². The van der Waals surface area contributed by atoms with Crippen molar-refractivity contribution >= 4 is 12.0 Å². The van der Waals surface area contributed by atoms with Crippen LogP contribution in [0.5, 0.6) is 11.5 Å². The van der Waals surface area contributed by atoms with Crippen molar-refractivity contribution in [2.24, 2.45) is 0 Å². The molecule has 0 fully saturated rings. The van der Waals surface area contributed by atoms with Crippen LogP contribution in [-0.2, 0) is 0 Å². The van der Waals surface area contributed by atoms with E-state index in [9.17, 15) is 9.59 Å². The van der Waals surface area contributed by atoms with Gasteiger partial charge in [0.2, 0.25) is 5.95 Å². The Morgan fingerprint density at radius 1 is 1.29 bits per heavy atom. The van der Waals surface area contributed by atoms with E-state index >= 15 is 0 Å². The SMILES string of the molecule is COc1ccc(OCCNC(=O)Nc2nc(C)cc(=O)[nH]2)c(C)c1. The molecule has 1 heterocycles. The average Bonchev–Trinajstić information content (AvgIpc) is 2.51. The molecule has 0 unspecified atom stereocenters. The lowest BCUT2D eigenvalue weighted by Crippen LogP contribution is -2.33. The van der Waals surface area contributed by atoms with Crippen LogP contribution in [0.15, 0.2) is 29.1 Å². The van der Waals surface area contributed by atoms with Crippen molar-refractivity contribution in [2.45, 2.75) is 13.8 Å². The van der Waals surface area contributed by atoms with E-state index in [1.807, 2.05) is 25.1 Å². The molecule has 0 bridgehead atoms. The number of rotatable bonds is 6. The fourth-order valence-electron chi connectivity index (χ4n) is 2.03. The first-order valence-electron chi connectivity index (χ1n) is 7.38. The van der Waals surface area contributed by atoms with E-state index in [2.05, 4.69) is 20.6 Å². The highest BCUT2D eigenvalue weighted by molar-refractivity contribution is 5.87. The minimum Gasteiger partial charge on any atom is -0.497 e. The number of amides is 2. The maximum absolute atomic E-state index is 11.7. The van der Waals surface area contributed by atoms with Crippen LogP contribution >= 0.6 is 0 Å². The van der Waals surface area contributed by atoms with Gasteiger partial charge >= 0.3 is 6.03 Å². The first-order valence-corrected chi connectivity index (χ1v) is 7.38. The second-order valence-electron chi connectivity index (χ2n) is 5.10. The third-order valence-corrected chi connectivity index (χ3v) is 3.13. The van der Waals surface area contributed by atoms with E-state index in [0.29, 0.717) is 18.8 Å². The number of carbonyl (C=O) groups is 1. The van der Waals surface area contributed by atoms with Crippen molar-refractivity contribution in [3.63, 3.8) is 0 Å². The smallest absolute Gasteiger partial charge is 0.321 e. The van der Waals surface area contributed by atoms with Gasteiger partial charge < -0.3 is 14.8 Å². The topological polar surface area (TPSA) is 105 Å². The van der Waals surface area contributed by atoms with Gasteiger partial charge in [-0.15, -0.1) is 0 Å². The minimum atomic E-state index is -0.473. The first-order chi connectivity index (χ1) is 11.5. The molecule has 8 heteroatoms. The number of hydrogen-bond acceptors (Lipinski definition) is 5. The number of urea groups is 1. The Labute approximate surface area is 139 Å². The highest BCUT2D eigenvalue weighted by atomic mass is 16.5. The predicted molar refractivity (Wildman–Crippen MR) is 89.8 cm³/mol. The van der Waals surface area contributed by atoms with Gasteiger partial charge in [0.25, 0.3) is 5.56 Å². The summed E-state index contributed by atoms with van der Waals surface area (Å²) in [6.07, 6.45) is 0. The number of nitrogens with one attached hydrogen (secondary N) is 3. The van der Waals surface area contributed by atoms with Gasteiger partial charge in [-0.1, -0.05) is 0 Å². The van der Waals surface area contributed by atoms with Gasteiger partial charge in [-0.3, -0.25) is 15.1 Å². The second kappa shape index (κ2) is 8.00. The third kappa shape index (κ3) is 5.01. The molecule has 0 aliphatic rings. The van der Waals surface area contributed by atoms with Gasteiger partial charge in [-0.25, -0.2) is 9.78 Å². The molecule has 0 atom stereocenters. The number of nitrogens with zero attached hydrogens (tertiary/aromatic N) is 1. The molecule has 0 radical (unpaired) electrons. The summed E-state index contributed by atoms with van der Waals surface area (Å²) in [5.74, 6) is 1.59. The van der Waals surface area contributed by atoms with Crippen molar-refractivity contribution in [1.29, 1.82) is 0 Å². The normalized spacial score (nSPS) is 10.1. The highest BCUT2D eigenvalue weighted by Gasteiger charge is 2.05. The van der Waals surface area contributed by atoms with Crippen LogP contribution in [-0.4, -0.2) is 36.3 Å². The zero-order chi connectivity index (χ0) is 17.5. The van der Waals surface area contributed by atoms with Crippen LogP contribution in [0.25, 0.3) is 0 Å². The van der Waals surface area contributed by atoms with Crippen molar-refractivity contribution in [3.8, 4) is 11.5 Å². The van der Waals surface area contributed by atoms with Crippen molar-refractivity contribution in [3.05, 3.63) is 45.9 Å². The quantitative estimate of drug-likeness (QED) is 0.697. The van der Waals surface area contributed by atoms with Crippen LogP contribution < -0.4 is 25.7 Å². The number of aryl methyl sites for hydroxylation is 2. The molecule has 8 nitrogen and oxygen atoms in total. The van der Waals surface area contributed by atoms with E-state index < -0.39 is 6.03 Å². The highest BCUT2D eigenvalue weighted by Crippen LogP contribution is 2.22. The average molecular weight is 332 g/mol. The third-order valence-electron chi connectivity index (χ3n) is 3.13. The lowest BCUT2D eigenvalue weighted by molar-refractivity contribution is 0.247. The molecule has 2 aromatic rings. The Bertz CT molecular complexity index is 773. The van der Waals surface area contributed by atoms with Gasteiger partial charge in [0.05, 0.1) is 13.7 Å². The molecule has 0 saturated heterocycles. The van der Waals surface area contributed by atoms with Crippen LogP contribution in [0.1, 0.15) is 11.3 Å². The summed E-state index contributed by atoms with van der Waals surface area (Å²) in [7, 11) is 1.61. The summed E-state index contributed by atoms with van der Waals surface area (Å²) in [4.78, 5) is 29.5. The molecule has 2 amide bonds. The van der Waals surface area contributed by atoms with Gasteiger partial charge in [0.1, 0.15) is 18.1 Å². The Kier molecular flexibility index (Phi) is 5.78. The van der Waals surface area contributed by atoms with Gasteiger partial charge in [0.15, 0.2) is 0 Å². The lowest BCUT2D eigenvalue weighted by Gasteiger charge is -2.11. The molecule has 0 spiro atoms. The number of ether oxygens (including phenoxy) is 2. The largest absolute Gasteiger partial charge is 0.497 e.